The summed E-state index contributed by atoms with van der Waals surface area (Å²) in [5.41, 5.74) is 8.22. The molecule has 1 heterocycles. The van der Waals surface area contributed by atoms with Gasteiger partial charge in [-0.1, -0.05) is 6.07 Å². The molecule has 0 spiro atoms. The van der Waals surface area contributed by atoms with Gasteiger partial charge >= 0.3 is 0 Å². The summed E-state index contributed by atoms with van der Waals surface area (Å²) >= 11 is 0. The minimum absolute atomic E-state index is 0.230. The van der Waals surface area contributed by atoms with Crippen molar-refractivity contribution in [2.75, 3.05) is 18.4 Å². The quantitative estimate of drug-likeness (QED) is 0.741. The van der Waals surface area contributed by atoms with Crippen molar-refractivity contribution in [2.45, 2.75) is 6.92 Å². The summed E-state index contributed by atoms with van der Waals surface area (Å²) in [5, 5.41) is 16.9. The average Bonchev–Trinajstić information content (AvgIpc) is 2.68. The van der Waals surface area contributed by atoms with E-state index in [-0.39, 0.29) is 5.75 Å². The lowest BCUT2D eigenvalue weighted by atomic mass is 10.3. The Morgan fingerprint density at radius 2 is 2.29 bits per heavy atom. The van der Waals surface area contributed by atoms with E-state index in [9.17, 15) is 5.11 Å². The van der Waals surface area contributed by atoms with Gasteiger partial charge in [0.15, 0.2) is 0 Å². The van der Waals surface area contributed by atoms with Gasteiger partial charge in [0.1, 0.15) is 5.75 Å². The number of rotatable bonds is 4. The van der Waals surface area contributed by atoms with Gasteiger partial charge in [-0.2, -0.15) is 5.10 Å². The second-order valence-corrected chi connectivity index (χ2v) is 3.79. The molecule has 0 aliphatic heterocycles. The summed E-state index contributed by atoms with van der Waals surface area (Å²) in [7, 11) is 0. The lowest BCUT2D eigenvalue weighted by molar-refractivity contribution is 0.475. The number of nitrogens with one attached hydrogen (secondary N) is 1. The fourth-order valence-corrected chi connectivity index (χ4v) is 1.68. The zero-order valence-electron chi connectivity index (χ0n) is 9.72. The van der Waals surface area contributed by atoms with Crippen molar-refractivity contribution in [1.82, 2.24) is 9.78 Å². The Balaban J connectivity index is 2.30. The first-order chi connectivity index (χ1) is 8.22. The molecule has 0 amide bonds. The zero-order valence-corrected chi connectivity index (χ0v) is 9.72. The third-order valence-corrected chi connectivity index (χ3v) is 2.54. The third-order valence-electron chi connectivity index (χ3n) is 2.54. The summed E-state index contributed by atoms with van der Waals surface area (Å²) in [6.07, 6.45) is 1.76. The molecule has 0 radical (unpaired) electrons. The van der Waals surface area contributed by atoms with Crippen LogP contribution in [0.4, 0.5) is 5.69 Å². The van der Waals surface area contributed by atoms with Crippen molar-refractivity contribution in [2.24, 2.45) is 5.73 Å². The molecule has 5 nitrogen and oxygen atoms in total. The van der Waals surface area contributed by atoms with E-state index in [0.717, 1.165) is 17.1 Å². The monoisotopic (exact) mass is 232 g/mol. The topological polar surface area (TPSA) is 76.1 Å². The van der Waals surface area contributed by atoms with E-state index in [4.69, 9.17) is 5.73 Å². The largest absolute Gasteiger partial charge is 0.508 e. The van der Waals surface area contributed by atoms with Crippen LogP contribution in [0.25, 0.3) is 5.69 Å². The van der Waals surface area contributed by atoms with Crippen molar-refractivity contribution in [1.29, 1.82) is 0 Å². The van der Waals surface area contributed by atoms with Crippen LogP contribution >= 0.6 is 0 Å². The summed E-state index contributed by atoms with van der Waals surface area (Å²) < 4.78 is 1.78. The molecule has 0 saturated carbocycles. The molecule has 1 aromatic carbocycles. The Hall–Kier alpha value is -2.01. The first-order valence-corrected chi connectivity index (χ1v) is 5.50. The van der Waals surface area contributed by atoms with Crippen LogP contribution in [0, 0.1) is 6.92 Å². The number of aromatic nitrogens is 2. The van der Waals surface area contributed by atoms with Gasteiger partial charge in [-0.15, -0.1) is 0 Å². The number of nitrogens with zero attached hydrogens (tertiary/aromatic N) is 2. The number of aromatic hydroxyl groups is 1. The van der Waals surface area contributed by atoms with E-state index in [1.54, 1.807) is 29.1 Å². The van der Waals surface area contributed by atoms with E-state index < -0.39 is 0 Å². The van der Waals surface area contributed by atoms with Crippen LogP contribution in [0.3, 0.4) is 0 Å². The molecule has 0 atom stereocenters. The molecule has 0 bridgehead atoms. The maximum absolute atomic E-state index is 9.44. The molecule has 17 heavy (non-hydrogen) atoms. The normalized spacial score (nSPS) is 10.5. The van der Waals surface area contributed by atoms with Crippen LogP contribution in [0.1, 0.15) is 5.69 Å². The minimum Gasteiger partial charge on any atom is -0.508 e. The van der Waals surface area contributed by atoms with Crippen LogP contribution < -0.4 is 11.1 Å². The van der Waals surface area contributed by atoms with Crippen molar-refractivity contribution in [3.05, 3.63) is 36.2 Å². The molecule has 90 valence electrons. The van der Waals surface area contributed by atoms with Crippen molar-refractivity contribution in [3.8, 4) is 11.4 Å². The van der Waals surface area contributed by atoms with Gasteiger partial charge in [-0.3, -0.25) is 0 Å². The van der Waals surface area contributed by atoms with Crippen LogP contribution in [0.15, 0.2) is 30.5 Å². The van der Waals surface area contributed by atoms with E-state index in [1.807, 2.05) is 13.0 Å². The molecular formula is C12H16N4O. The second kappa shape index (κ2) is 4.88. The first kappa shape index (κ1) is 11.5. The number of benzene rings is 1. The molecule has 0 saturated heterocycles. The van der Waals surface area contributed by atoms with Gasteiger partial charge in [0, 0.05) is 19.2 Å². The van der Waals surface area contributed by atoms with Crippen LogP contribution in [-0.4, -0.2) is 28.0 Å². The zero-order chi connectivity index (χ0) is 12.3. The highest BCUT2D eigenvalue weighted by molar-refractivity contribution is 5.50. The number of hydrogen-bond acceptors (Lipinski definition) is 4. The summed E-state index contributed by atoms with van der Waals surface area (Å²) in [6.45, 7) is 3.26. The van der Waals surface area contributed by atoms with Gasteiger partial charge in [-0.05, 0) is 19.1 Å². The molecule has 2 rings (SSSR count). The van der Waals surface area contributed by atoms with E-state index >= 15 is 0 Å². The summed E-state index contributed by atoms with van der Waals surface area (Å²) in [4.78, 5) is 0. The molecule has 5 heteroatoms. The Morgan fingerprint density at radius 3 is 3.00 bits per heavy atom. The Kier molecular flexibility index (Phi) is 3.30. The second-order valence-electron chi connectivity index (χ2n) is 3.79. The summed E-state index contributed by atoms with van der Waals surface area (Å²) in [6, 6.07) is 6.99. The molecular weight excluding hydrogens is 216 g/mol. The fourth-order valence-electron chi connectivity index (χ4n) is 1.68. The van der Waals surface area contributed by atoms with Crippen LogP contribution in [-0.2, 0) is 0 Å². The number of hydrogen-bond donors (Lipinski definition) is 3. The van der Waals surface area contributed by atoms with Crippen LogP contribution in [0.2, 0.25) is 0 Å². The highest BCUT2D eigenvalue weighted by Gasteiger charge is 2.07. The van der Waals surface area contributed by atoms with Gasteiger partial charge < -0.3 is 16.2 Å². The molecule has 0 unspecified atom stereocenters. The Bertz CT molecular complexity index is 507. The standard InChI is InChI=1S/C12H16N4O/c1-9-12(14-6-5-13)8-15-16(9)10-3-2-4-11(17)7-10/h2-4,7-8,14,17H,5-6,13H2,1H3. The molecule has 2 aromatic rings. The minimum atomic E-state index is 0.230. The van der Waals surface area contributed by atoms with Gasteiger partial charge in [0.2, 0.25) is 0 Å². The molecule has 0 aliphatic carbocycles. The third kappa shape index (κ3) is 2.39. The van der Waals surface area contributed by atoms with E-state index in [2.05, 4.69) is 10.4 Å². The first-order valence-electron chi connectivity index (χ1n) is 5.50. The number of phenolic OH excluding ortho intramolecular Hbond substituents is 1. The van der Waals surface area contributed by atoms with Gasteiger partial charge in [0.25, 0.3) is 0 Å². The average molecular weight is 232 g/mol. The number of nitrogens with two attached hydrogens (primary N) is 1. The number of phenols is 1. The lowest BCUT2D eigenvalue weighted by Crippen LogP contribution is -2.13. The fraction of sp³-hybridized carbons (Fsp3) is 0.250. The molecule has 0 aliphatic rings. The predicted molar refractivity (Wildman–Crippen MR) is 67.5 cm³/mol. The maximum atomic E-state index is 9.44. The van der Waals surface area contributed by atoms with Crippen LogP contribution in [0.5, 0.6) is 5.75 Å². The molecule has 4 N–H and O–H groups in total. The summed E-state index contributed by atoms with van der Waals surface area (Å²) in [5.74, 6) is 0.230. The van der Waals surface area contributed by atoms with E-state index in [0.29, 0.717) is 13.1 Å². The molecule has 0 fully saturated rings. The highest BCUT2D eigenvalue weighted by atomic mass is 16.3. The van der Waals surface area contributed by atoms with Crippen molar-refractivity contribution < 1.29 is 5.11 Å². The predicted octanol–water partition coefficient (Wildman–Crippen LogP) is 1.26. The smallest absolute Gasteiger partial charge is 0.117 e. The SMILES string of the molecule is Cc1c(NCCN)cnn1-c1cccc(O)c1. The highest BCUT2D eigenvalue weighted by Crippen LogP contribution is 2.20. The lowest BCUT2D eigenvalue weighted by Gasteiger charge is -2.06. The Morgan fingerprint density at radius 1 is 1.47 bits per heavy atom. The van der Waals surface area contributed by atoms with Gasteiger partial charge in [0.05, 0.1) is 23.3 Å². The maximum Gasteiger partial charge on any atom is 0.117 e. The van der Waals surface area contributed by atoms with Gasteiger partial charge in [-0.25, -0.2) is 4.68 Å². The molecule has 1 aromatic heterocycles. The van der Waals surface area contributed by atoms with Crippen molar-refractivity contribution in [3.63, 3.8) is 0 Å². The Labute approximate surface area is 99.9 Å². The number of anilines is 1. The van der Waals surface area contributed by atoms with Crippen molar-refractivity contribution >= 4 is 5.69 Å². The van der Waals surface area contributed by atoms with E-state index in [1.165, 1.54) is 0 Å².